The molecule has 0 saturated heterocycles. The van der Waals surface area contributed by atoms with E-state index in [9.17, 15) is 13.2 Å². The molecule has 0 heterocycles. The van der Waals surface area contributed by atoms with Gasteiger partial charge in [0, 0.05) is 19.8 Å². The van der Waals surface area contributed by atoms with Gasteiger partial charge >= 0.3 is 6.18 Å². The van der Waals surface area contributed by atoms with Crippen molar-refractivity contribution in [2.45, 2.75) is 19.5 Å². The van der Waals surface area contributed by atoms with Gasteiger partial charge in [-0.2, -0.15) is 13.2 Å². The third-order valence-electron chi connectivity index (χ3n) is 2.28. The van der Waals surface area contributed by atoms with E-state index in [0.717, 1.165) is 12.1 Å². The van der Waals surface area contributed by atoms with Gasteiger partial charge in [-0.15, -0.1) is 0 Å². The van der Waals surface area contributed by atoms with Gasteiger partial charge in [-0.3, -0.25) is 0 Å². The first kappa shape index (κ1) is 15.1. The summed E-state index contributed by atoms with van der Waals surface area (Å²) >= 11 is 5.83. The van der Waals surface area contributed by atoms with E-state index in [0.29, 0.717) is 31.9 Å². The van der Waals surface area contributed by atoms with Crippen molar-refractivity contribution >= 4 is 17.3 Å². The summed E-state index contributed by atoms with van der Waals surface area (Å²) in [5.74, 6) is 0. The van der Waals surface area contributed by atoms with Gasteiger partial charge in [0.1, 0.15) is 0 Å². The van der Waals surface area contributed by atoms with Crippen LogP contribution in [0.2, 0.25) is 5.02 Å². The Bertz CT molecular complexity index is 382. The second kappa shape index (κ2) is 6.85. The fourth-order valence-corrected chi connectivity index (χ4v) is 1.56. The largest absolute Gasteiger partial charge is 0.416 e. The molecule has 0 fully saturated rings. The lowest BCUT2D eigenvalue weighted by atomic mass is 10.2. The molecule has 0 spiro atoms. The molecule has 1 rings (SSSR count). The van der Waals surface area contributed by atoms with E-state index in [4.69, 9.17) is 16.3 Å². The molecule has 0 aliphatic carbocycles. The molecular formula is C12H15ClF3NO. The van der Waals surface area contributed by atoms with E-state index in [1.807, 2.05) is 6.92 Å². The highest BCUT2D eigenvalue weighted by Crippen LogP contribution is 2.33. The van der Waals surface area contributed by atoms with Crippen LogP contribution in [0.4, 0.5) is 18.9 Å². The molecule has 6 heteroatoms. The van der Waals surface area contributed by atoms with E-state index in [1.165, 1.54) is 6.07 Å². The number of hydrogen-bond donors (Lipinski definition) is 1. The SMILES string of the molecule is CCOCCCNc1cc(C(F)(F)F)ccc1Cl. The fourth-order valence-electron chi connectivity index (χ4n) is 1.38. The minimum atomic E-state index is -4.35. The first-order valence-corrected chi connectivity index (χ1v) is 6.01. The second-order valence-corrected chi connectivity index (χ2v) is 4.08. The van der Waals surface area contributed by atoms with Crippen LogP contribution < -0.4 is 5.32 Å². The molecule has 1 aromatic rings. The van der Waals surface area contributed by atoms with E-state index >= 15 is 0 Å². The van der Waals surface area contributed by atoms with Gasteiger partial charge in [0.15, 0.2) is 0 Å². The summed E-state index contributed by atoms with van der Waals surface area (Å²) in [6.07, 6.45) is -3.65. The van der Waals surface area contributed by atoms with Crippen LogP contribution in [0.3, 0.4) is 0 Å². The zero-order valence-electron chi connectivity index (χ0n) is 9.98. The number of hydrogen-bond acceptors (Lipinski definition) is 2. The van der Waals surface area contributed by atoms with Crippen LogP contribution in [-0.2, 0) is 10.9 Å². The Morgan fingerprint density at radius 2 is 2.06 bits per heavy atom. The molecule has 0 unspecified atom stereocenters. The Balaban J connectivity index is 2.59. The summed E-state index contributed by atoms with van der Waals surface area (Å²) in [7, 11) is 0. The van der Waals surface area contributed by atoms with Crippen LogP contribution in [0.1, 0.15) is 18.9 Å². The first-order valence-electron chi connectivity index (χ1n) is 5.63. The highest BCUT2D eigenvalue weighted by molar-refractivity contribution is 6.33. The molecule has 0 bridgehead atoms. The molecule has 0 aliphatic rings. The van der Waals surface area contributed by atoms with Crippen molar-refractivity contribution in [3.05, 3.63) is 28.8 Å². The lowest BCUT2D eigenvalue weighted by Crippen LogP contribution is -2.09. The monoisotopic (exact) mass is 281 g/mol. The molecule has 1 N–H and O–H groups in total. The van der Waals surface area contributed by atoms with Crippen LogP contribution in [0.5, 0.6) is 0 Å². The highest BCUT2D eigenvalue weighted by Gasteiger charge is 2.30. The standard InChI is InChI=1S/C12H15ClF3NO/c1-2-18-7-3-6-17-11-8-9(12(14,15)16)4-5-10(11)13/h4-5,8,17H,2-3,6-7H2,1H3. The normalized spacial score (nSPS) is 11.6. The number of alkyl halides is 3. The summed E-state index contributed by atoms with van der Waals surface area (Å²) in [6.45, 7) is 3.60. The second-order valence-electron chi connectivity index (χ2n) is 3.67. The molecule has 102 valence electrons. The predicted octanol–water partition coefficient (Wildman–Crippen LogP) is 4.20. The number of ether oxygens (including phenoxy) is 1. The van der Waals surface area contributed by atoms with E-state index in [-0.39, 0.29) is 5.02 Å². The molecule has 0 atom stereocenters. The molecule has 0 aromatic heterocycles. The predicted molar refractivity (Wildman–Crippen MR) is 66.1 cm³/mol. The summed E-state index contributed by atoms with van der Waals surface area (Å²) in [5, 5.41) is 3.15. The van der Waals surface area contributed by atoms with Crippen LogP contribution in [0.25, 0.3) is 0 Å². The van der Waals surface area contributed by atoms with Gasteiger partial charge in [0.05, 0.1) is 16.3 Å². The Labute approximate surface area is 109 Å². The number of benzene rings is 1. The van der Waals surface area contributed by atoms with Crippen LogP contribution >= 0.6 is 11.6 Å². The fraction of sp³-hybridized carbons (Fsp3) is 0.500. The highest BCUT2D eigenvalue weighted by atomic mass is 35.5. The van der Waals surface area contributed by atoms with Crippen molar-refractivity contribution in [2.75, 3.05) is 25.1 Å². The van der Waals surface area contributed by atoms with Gasteiger partial charge in [-0.25, -0.2) is 0 Å². The molecule has 0 aliphatic heterocycles. The van der Waals surface area contributed by atoms with Crippen LogP contribution in [0, 0.1) is 0 Å². The van der Waals surface area contributed by atoms with E-state index < -0.39 is 11.7 Å². The van der Waals surface area contributed by atoms with Gasteiger partial charge < -0.3 is 10.1 Å². The number of rotatable bonds is 6. The minimum Gasteiger partial charge on any atom is -0.384 e. The molecule has 0 saturated carbocycles. The summed E-state index contributed by atoms with van der Waals surface area (Å²) in [4.78, 5) is 0. The molecule has 0 amide bonds. The Morgan fingerprint density at radius 3 is 2.67 bits per heavy atom. The number of nitrogens with one attached hydrogen (secondary N) is 1. The quantitative estimate of drug-likeness (QED) is 0.789. The molecule has 18 heavy (non-hydrogen) atoms. The molecule has 0 radical (unpaired) electrons. The molecule has 2 nitrogen and oxygen atoms in total. The van der Waals surface area contributed by atoms with Crippen LogP contribution in [0.15, 0.2) is 18.2 Å². The van der Waals surface area contributed by atoms with Crippen molar-refractivity contribution in [3.63, 3.8) is 0 Å². The van der Waals surface area contributed by atoms with Gasteiger partial charge in [-0.05, 0) is 31.5 Å². The van der Waals surface area contributed by atoms with Crippen molar-refractivity contribution in [1.29, 1.82) is 0 Å². The van der Waals surface area contributed by atoms with Crippen molar-refractivity contribution in [3.8, 4) is 0 Å². The van der Waals surface area contributed by atoms with Crippen molar-refractivity contribution < 1.29 is 17.9 Å². The average Bonchev–Trinajstić information content (AvgIpc) is 2.29. The third kappa shape index (κ3) is 4.74. The van der Waals surface area contributed by atoms with Gasteiger partial charge in [0.25, 0.3) is 0 Å². The lowest BCUT2D eigenvalue weighted by molar-refractivity contribution is -0.137. The topological polar surface area (TPSA) is 21.3 Å². The van der Waals surface area contributed by atoms with Crippen LogP contribution in [-0.4, -0.2) is 19.8 Å². The summed E-state index contributed by atoms with van der Waals surface area (Å²) in [5.41, 5.74) is -0.415. The molecular weight excluding hydrogens is 267 g/mol. The number of anilines is 1. The minimum absolute atomic E-state index is 0.277. The summed E-state index contributed by atoms with van der Waals surface area (Å²) in [6, 6.07) is 3.23. The maximum atomic E-state index is 12.5. The summed E-state index contributed by atoms with van der Waals surface area (Å²) < 4.78 is 42.6. The zero-order chi connectivity index (χ0) is 13.6. The lowest BCUT2D eigenvalue weighted by Gasteiger charge is -2.12. The maximum absolute atomic E-state index is 12.5. The molecule has 1 aromatic carbocycles. The van der Waals surface area contributed by atoms with Gasteiger partial charge in [0.2, 0.25) is 0 Å². The van der Waals surface area contributed by atoms with E-state index in [2.05, 4.69) is 5.32 Å². The average molecular weight is 282 g/mol. The Kier molecular flexibility index (Phi) is 5.75. The van der Waals surface area contributed by atoms with Crippen molar-refractivity contribution in [2.24, 2.45) is 0 Å². The zero-order valence-corrected chi connectivity index (χ0v) is 10.7. The smallest absolute Gasteiger partial charge is 0.384 e. The Morgan fingerprint density at radius 1 is 1.33 bits per heavy atom. The third-order valence-corrected chi connectivity index (χ3v) is 2.61. The van der Waals surface area contributed by atoms with Gasteiger partial charge in [-0.1, -0.05) is 11.6 Å². The number of halogens is 4. The first-order chi connectivity index (χ1) is 8.45. The van der Waals surface area contributed by atoms with Crippen molar-refractivity contribution in [1.82, 2.24) is 0 Å². The van der Waals surface area contributed by atoms with E-state index in [1.54, 1.807) is 0 Å². The Hall–Kier alpha value is -0.940. The maximum Gasteiger partial charge on any atom is 0.416 e.